The lowest BCUT2D eigenvalue weighted by molar-refractivity contribution is 0.0169. The smallest absolute Gasteiger partial charge is 0.265 e. The Morgan fingerprint density at radius 1 is 1.47 bits per heavy atom. The maximum absolute atomic E-state index is 11.3. The molecule has 0 bridgehead atoms. The summed E-state index contributed by atoms with van der Waals surface area (Å²) in [5, 5.41) is 19.4. The molecule has 2 atom stereocenters. The molecular weight excluding hydrogens is 244 g/mol. The number of hydrogen-bond acceptors (Lipinski definition) is 4. The molecule has 1 aromatic rings. The highest BCUT2D eigenvalue weighted by atomic mass is 35.5. The molecule has 6 heteroatoms. The highest BCUT2D eigenvalue weighted by molar-refractivity contribution is 6.17. The number of benzene rings is 1. The molecule has 0 aromatic heterocycles. The van der Waals surface area contributed by atoms with Crippen LogP contribution in [0.1, 0.15) is 28.4 Å². The molecule has 0 aliphatic rings. The quantitative estimate of drug-likeness (QED) is 0.265. The van der Waals surface area contributed by atoms with Crippen molar-refractivity contribution in [1.29, 1.82) is 0 Å². The maximum atomic E-state index is 11.3. The first kappa shape index (κ1) is 13.9. The summed E-state index contributed by atoms with van der Waals surface area (Å²) in [6, 6.07) is 6.27. The summed E-state index contributed by atoms with van der Waals surface area (Å²) in [7, 11) is 0. The van der Waals surface area contributed by atoms with E-state index in [9.17, 15) is 15.0 Å². The number of nitrogens with one attached hydrogen (secondary N) is 1. The molecule has 0 radical (unpaired) electrons. The number of alkyl halides is 1. The summed E-state index contributed by atoms with van der Waals surface area (Å²) >= 11 is 5.48. The van der Waals surface area contributed by atoms with E-state index < -0.39 is 18.1 Å². The highest BCUT2D eigenvalue weighted by Crippen LogP contribution is 2.20. The minimum Gasteiger partial charge on any atom is -0.390 e. The number of hydrazine groups is 1. The summed E-state index contributed by atoms with van der Waals surface area (Å²) in [5.74, 6) is 4.81. The van der Waals surface area contributed by atoms with Gasteiger partial charge in [-0.2, -0.15) is 0 Å². The van der Waals surface area contributed by atoms with Crippen LogP contribution in [0.2, 0.25) is 0 Å². The molecule has 5 nitrogen and oxygen atoms in total. The van der Waals surface area contributed by atoms with Crippen LogP contribution in [-0.2, 0) is 0 Å². The molecule has 0 aliphatic heterocycles. The number of nitrogens with two attached hydrogens (primary N) is 1. The van der Waals surface area contributed by atoms with Crippen molar-refractivity contribution in [2.75, 3.05) is 5.88 Å². The van der Waals surface area contributed by atoms with E-state index in [-0.39, 0.29) is 12.3 Å². The van der Waals surface area contributed by atoms with Crippen molar-refractivity contribution in [3.8, 4) is 0 Å². The number of rotatable bonds is 5. The standard InChI is InChI=1S/C11H15ClN2O3/c12-5-4-9(15)10(16)7-2-1-3-8(6-7)11(17)14-13/h1-3,6,9-10,15-16H,4-5,13H2,(H,14,17). The van der Waals surface area contributed by atoms with Gasteiger partial charge in [0.25, 0.3) is 5.91 Å². The van der Waals surface area contributed by atoms with Crippen molar-refractivity contribution < 1.29 is 15.0 Å². The van der Waals surface area contributed by atoms with Gasteiger partial charge in [-0.1, -0.05) is 12.1 Å². The van der Waals surface area contributed by atoms with E-state index in [4.69, 9.17) is 17.4 Å². The molecule has 0 saturated heterocycles. The van der Waals surface area contributed by atoms with E-state index in [1.807, 2.05) is 5.43 Å². The molecule has 2 unspecified atom stereocenters. The monoisotopic (exact) mass is 258 g/mol. The van der Waals surface area contributed by atoms with Crippen LogP contribution in [0.25, 0.3) is 0 Å². The summed E-state index contributed by atoms with van der Waals surface area (Å²) < 4.78 is 0. The van der Waals surface area contributed by atoms with Gasteiger partial charge in [-0.25, -0.2) is 5.84 Å². The Kier molecular flexibility index (Phi) is 5.37. The molecule has 17 heavy (non-hydrogen) atoms. The number of carbonyl (C=O) groups is 1. The second-order valence-electron chi connectivity index (χ2n) is 3.59. The minimum atomic E-state index is -1.07. The lowest BCUT2D eigenvalue weighted by Gasteiger charge is -2.17. The normalized spacial score (nSPS) is 14.1. The van der Waals surface area contributed by atoms with Crippen LogP contribution >= 0.6 is 11.6 Å². The van der Waals surface area contributed by atoms with Crippen molar-refractivity contribution in [3.05, 3.63) is 35.4 Å². The van der Waals surface area contributed by atoms with Crippen LogP contribution in [0.4, 0.5) is 0 Å². The molecule has 0 heterocycles. The van der Waals surface area contributed by atoms with Gasteiger partial charge in [-0.15, -0.1) is 11.6 Å². The van der Waals surface area contributed by atoms with Crippen molar-refractivity contribution in [1.82, 2.24) is 5.43 Å². The Labute approximate surface area is 104 Å². The number of halogens is 1. The van der Waals surface area contributed by atoms with E-state index >= 15 is 0 Å². The topological polar surface area (TPSA) is 95.6 Å². The molecular formula is C11H15ClN2O3. The zero-order valence-corrected chi connectivity index (χ0v) is 9.89. The Balaban J connectivity index is 2.87. The van der Waals surface area contributed by atoms with Crippen LogP contribution in [0, 0.1) is 0 Å². The van der Waals surface area contributed by atoms with Gasteiger partial charge in [-0.3, -0.25) is 10.2 Å². The zero-order valence-electron chi connectivity index (χ0n) is 9.14. The Hall–Kier alpha value is -1.14. The van der Waals surface area contributed by atoms with E-state index in [1.165, 1.54) is 6.07 Å². The second kappa shape index (κ2) is 6.56. The maximum Gasteiger partial charge on any atom is 0.265 e. The molecule has 0 aliphatic carbocycles. The number of aliphatic hydroxyl groups is 2. The lowest BCUT2D eigenvalue weighted by Crippen LogP contribution is -2.30. The van der Waals surface area contributed by atoms with E-state index in [0.717, 1.165) is 0 Å². The van der Waals surface area contributed by atoms with Crippen molar-refractivity contribution in [2.24, 2.45) is 5.84 Å². The number of aliphatic hydroxyl groups excluding tert-OH is 2. The van der Waals surface area contributed by atoms with Gasteiger partial charge in [0, 0.05) is 11.4 Å². The second-order valence-corrected chi connectivity index (χ2v) is 3.97. The average molecular weight is 259 g/mol. The third-order valence-electron chi connectivity index (χ3n) is 2.39. The Bertz CT molecular complexity index is 387. The summed E-state index contributed by atoms with van der Waals surface area (Å²) in [4.78, 5) is 11.3. The summed E-state index contributed by atoms with van der Waals surface area (Å²) in [5.41, 5.74) is 2.77. The molecule has 1 rings (SSSR count). The van der Waals surface area contributed by atoms with Gasteiger partial charge < -0.3 is 10.2 Å². The van der Waals surface area contributed by atoms with Crippen molar-refractivity contribution in [2.45, 2.75) is 18.6 Å². The zero-order chi connectivity index (χ0) is 12.8. The lowest BCUT2D eigenvalue weighted by atomic mass is 10.0. The van der Waals surface area contributed by atoms with Crippen LogP contribution in [-0.4, -0.2) is 28.1 Å². The van der Waals surface area contributed by atoms with E-state index in [0.29, 0.717) is 11.1 Å². The number of carbonyl (C=O) groups excluding carboxylic acids is 1. The van der Waals surface area contributed by atoms with Crippen molar-refractivity contribution >= 4 is 17.5 Å². The molecule has 0 fully saturated rings. The fraction of sp³-hybridized carbons (Fsp3) is 0.364. The minimum absolute atomic E-state index is 0.251. The average Bonchev–Trinajstić information content (AvgIpc) is 2.37. The van der Waals surface area contributed by atoms with Crippen LogP contribution in [0.15, 0.2) is 24.3 Å². The first-order chi connectivity index (χ1) is 8.10. The summed E-state index contributed by atoms with van der Waals surface area (Å²) in [6.45, 7) is 0. The molecule has 1 aromatic carbocycles. The fourth-order valence-corrected chi connectivity index (χ4v) is 1.66. The molecule has 0 saturated carbocycles. The predicted octanol–water partition coefficient (Wildman–Crippen LogP) is 0.313. The predicted molar refractivity (Wildman–Crippen MR) is 64.4 cm³/mol. The third kappa shape index (κ3) is 3.67. The largest absolute Gasteiger partial charge is 0.390 e. The highest BCUT2D eigenvalue weighted by Gasteiger charge is 2.18. The fourth-order valence-electron chi connectivity index (χ4n) is 1.44. The molecule has 5 N–H and O–H groups in total. The van der Waals surface area contributed by atoms with E-state index in [1.54, 1.807) is 18.2 Å². The number of nitrogen functional groups attached to an aromatic ring is 1. The van der Waals surface area contributed by atoms with Crippen molar-refractivity contribution in [3.63, 3.8) is 0 Å². The van der Waals surface area contributed by atoms with Crippen LogP contribution in [0.5, 0.6) is 0 Å². The first-order valence-electron chi connectivity index (χ1n) is 5.13. The van der Waals surface area contributed by atoms with Gasteiger partial charge in [-0.05, 0) is 24.1 Å². The van der Waals surface area contributed by atoms with Gasteiger partial charge in [0.05, 0.1) is 6.10 Å². The van der Waals surface area contributed by atoms with E-state index in [2.05, 4.69) is 0 Å². The Morgan fingerprint density at radius 3 is 2.76 bits per heavy atom. The third-order valence-corrected chi connectivity index (χ3v) is 2.61. The SMILES string of the molecule is NNC(=O)c1cccc(C(O)C(O)CCCl)c1. The van der Waals surface area contributed by atoms with Crippen LogP contribution < -0.4 is 11.3 Å². The molecule has 94 valence electrons. The molecule has 0 spiro atoms. The van der Waals surface area contributed by atoms with Gasteiger partial charge >= 0.3 is 0 Å². The first-order valence-corrected chi connectivity index (χ1v) is 5.66. The van der Waals surface area contributed by atoms with Crippen LogP contribution in [0.3, 0.4) is 0 Å². The Morgan fingerprint density at radius 2 is 2.18 bits per heavy atom. The number of amides is 1. The van der Waals surface area contributed by atoms with Gasteiger partial charge in [0.2, 0.25) is 0 Å². The molecule has 1 amide bonds. The summed E-state index contributed by atoms with van der Waals surface area (Å²) in [6.07, 6.45) is -1.75. The van der Waals surface area contributed by atoms with Gasteiger partial charge in [0.1, 0.15) is 6.10 Å². The van der Waals surface area contributed by atoms with Gasteiger partial charge in [0.15, 0.2) is 0 Å². The number of hydrogen-bond donors (Lipinski definition) is 4.